The SMILES string of the molecule is CCc1nc(Cl)ccc1C. The summed E-state index contributed by atoms with van der Waals surface area (Å²) in [5, 5.41) is 0.586. The minimum absolute atomic E-state index is 0.586. The lowest BCUT2D eigenvalue weighted by molar-refractivity contribution is 1.01. The van der Waals surface area contributed by atoms with Crippen molar-refractivity contribution in [1.29, 1.82) is 0 Å². The smallest absolute Gasteiger partial charge is 0.129 e. The highest BCUT2D eigenvalue weighted by atomic mass is 35.5. The van der Waals surface area contributed by atoms with Gasteiger partial charge in [-0.1, -0.05) is 24.6 Å². The van der Waals surface area contributed by atoms with Crippen LogP contribution in [0.5, 0.6) is 0 Å². The second kappa shape index (κ2) is 3.02. The molecule has 0 saturated carbocycles. The fraction of sp³-hybridized carbons (Fsp3) is 0.375. The zero-order chi connectivity index (χ0) is 7.56. The average molecular weight is 156 g/mol. The van der Waals surface area contributed by atoms with Crippen molar-refractivity contribution in [2.24, 2.45) is 0 Å². The van der Waals surface area contributed by atoms with Crippen LogP contribution in [0.15, 0.2) is 12.1 Å². The highest BCUT2D eigenvalue weighted by molar-refractivity contribution is 6.29. The Morgan fingerprint density at radius 3 is 2.70 bits per heavy atom. The van der Waals surface area contributed by atoms with Crippen LogP contribution in [0.4, 0.5) is 0 Å². The molecule has 2 heteroatoms. The maximum atomic E-state index is 5.68. The first kappa shape index (κ1) is 7.55. The van der Waals surface area contributed by atoms with Crippen molar-refractivity contribution in [3.8, 4) is 0 Å². The average Bonchev–Trinajstić information content (AvgIpc) is 1.94. The molecule has 0 saturated heterocycles. The molecule has 0 spiro atoms. The summed E-state index contributed by atoms with van der Waals surface area (Å²) >= 11 is 5.68. The second-order valence-corrected chi connectivity index (χ2v) is 2.64. The number of nitrogens with zero attached hydrogens (tertiary/aromatic N) is 1. The van der Waals surface area contributed by atoms with E-state index in [1.54, 1.807) is 0 Å². The Hall–Kier alpha value is -0.560. The molecule has 0 radical (unpaired) electrons. The Kier molecular flexibility index (Phi) is 2.28. The van der Waals surface area contributed by atoms with Crippen molar-refractivity contribution in [2.45, 2.75) is 20.3 Å². The van der Waals surface area contributed by atoms with E-state index in [1.165, 1.54) is 5.56 Å². The van der Waals surface area contributed by atoms with Gasteiger partial charge in [0.2, 0.25) is 0 Å². The lowest BCUT2D eigenvalue weighted by Crippen LogP contribution is -1.90. The molecule has 1 rings (SSSR count). The van der Waals surface area contributed by atoms with E-state index in [1.807, 2.05) is 19.1 Å². The van der Waals surface area contributed by atoms with E-state index in [9.17, 15) is 0 Å². The van der Waals surface area contributed by atoms with Gasteiger partial charge in [-0.15, -0.1) is 0 Å². The largest absolute Gasteiger partial charge is 0.241 e. The summed E-state index contributed by atoms with van der Waals surface area (Å²) in [6.07, 6.45) is 0.951. The molecule has 0 bridgehead atoms. The molecule has 54 valence electrons. The second-order valence-electron chi connectivity index (χ2n) is 2.25. The summed E-state index contributed by atoms with van der Waals surface area (Å²) in [7, 11) is 0. The predicted molar refractivity (Wildman–Crippen MR) is 43.4 cm³/mol. The molecule has 10 heavy (non-hydrogen) atoms. The molecule has 1 heterocycles. The number of halogens is 1. The lowest BCUT2D eigenvalue weighted by atomic mass is 10.2. The number of rotatable bonds is 1. The third-order valence-electron chi connectivity index (χ3n) is 1.50. The zero-order valence-electron chi connectivity index (χ0n) is 6.19. The third-order valence-corrected chi connectivity index (χ3v) is 1.71. The van der Waals surface area contributed by atoms with E-state index >= 15 is 0 Å². The first-order valence-electron chi connectivity index (χ1n) is 3.36. The summed E-state index contributed by atoms with van der Waals surface area (Å²) in [6.45, 7) is 4.12. The van der Waals surface area contributed by atoms with E-state index in [4.69, 9.17) is 11.6 Å². The molecule has 0 amide bonds. The molecule has 0 aromatic carbocycles. The van der Waals surface area contributed by atoms with Crippen LogP contribution in [0.1, 0.15) is 18.2 Å². The zero-order valence-corrected chi connectivity index (χ0v) is 6.94. The first-order chi connectivity index (χ1) is 4.74. The van der Waals surface area contributed by atoms with Crippen LogP contribution < -0.4 is 0 Å². The molecule has 0 aliphatic carbocycles. The maximum Gasteiger partial charge on any atom is 0.129 e. The van der Waals surface area contributed by atoms with Crippen LogP contribution >= 0.6 is 11.6 Å². The Morgan fingerprint density at radius 1 is 1.50 bits per heavy atom. The summed E-state index contributed by atoms with van der Waals surface area (Å²) in [6, 6.07) is 3.81. The normalized spacial score (nSPS) is 9.90. The van der Waals surface area contributed by atoms with Crippen LogP contribution in [-0.4, -0.2) is 4.98 Å². The van der Waals surface area contributed by atoms with E-state index in [2.05, 4.69) is 11.9 Å². The quantitative estimate of drug-likeness (QED) is 0.569. The number of aryl methyl sites for hydroxylation is 2. The van der Waals surface area contributed by atoms with Crippen LogP contribution in [0.2, 0.25) is 5.15 Å². The van der Waals surface area contributed by atoms with Gasteiger partial charge in [-0.05, 0) is 25.0 Å². The van der Waals surface area contributed by atoms with Crippen molar-refractivity contribution in [1.82, 2.24) is 4.98 Å². The van der Waals surface area contributed by atoms with Gasteiger partial charge < -0.3 is 0 Å². The fourth-order valence-electron chi connectivity index (χ4n) is 0.902. The standard InChI is InChI=1S/C8H10ClN/c1-3-7-6(2)4-5-8(9)10-7/h4-5H,3H2,1-2H3. The minimum Gasteiger partial charge on any atom is -0.241 e. The molecule has 0 aliphatic rings. The fourth-order valence-corrected chi connectivity index (χ4v) is 1.07. The van der Waals surface area contributed by atoms with Crippen molar-refractivity contribution >= 4 is 11.6 Å². The van der Waals surface area contributed by atoms with Gasteiger partial charge in [-0.3, -0.25) is 0 Å². The van der Waals surface area contributed by atoms with E-state index in [-0.39, 0.29) is 0 Å². The van der Waals surface area contributed by atoms with Gasteiger partial charge in [0.1, 0.15) is 5.15 Å². The summed E-state index contributed by atoms with van der Waals surface area (Å²) in [5.74, 6) is 0. The van der Waals surface area contributed by atoms with Gasteiger partial charge in [0.15, 0.2) is 0 Å². The van der Waals surface area contributed by atoms with Gasteiger partial charge >= 0.3 is 0 Å². The van der Waals surface area contributed by atoms with E-state index in [0.717, 1.165) is 12.1 Å². The molecule has 0 unspecified atom stereocenters. The van der Waals surface area contributed by atoms with Gasteiger partial charge in [0.25, 0.3) is 0 Å². The minimum atomic E-state index is 0.586. The van der Waals surface area contributed by atoms with E-state index < -0.39 is 0 Å². The Balaban J connectivity index is 3.09. The van der Waals surface area contributed by atoms with Gasteiger partial charge in [0.05, 0.1) is 0 Å². The van der Waals surface area contributed by atoms with Gasteiger partial charge in [0, 0.05) is 5.69 Å². The van der Waals surface area contributed by atoms with Gasteiger partial charge in [-0.2, -0.15) is 0 Å². The summed E-state index contributed by atoms with van der Waals surface area (Å²) < 4.78 is 0. The molecule has 1 aromatic heterocycles. The maximum absolute atomic E-state index is 5.68. The number of aromatic nitrogens is 1. The van der Waals surface area contributed by atoms with Crippen molar-refractivity contribution < 1.29 is 0 Å². The van der Waals surface area contributed by atoms with Crippen LogP contribution in [0, 0.1) is 6.92 Å². The predicted octanol–water partition coefficient (Wildman–Crippen LogP) is 2.61. The number of hydrogen-bond acceptors (Lipinski definition) is 1. The molecule has 0 aliphatic heterocycles. The molecular weight excluding hydrogens is 146 g/mol. The Morgan fingerprint density at radius 2 is 2.20 bits per heavy atom. The van der Waals surface area contributed by atoms with Gasteiger partial charge in [-0.25, -0.2) is 4.98 Å². The highest BCUT2D eigenvalue weighted by Crippen LogP contribution is 2.10. The number of hydrogen-bond donors (Lipinski definition) is 0. The molecule has 1 nitrogen and oxygen atoms in total. The number of pyridine rings is 1. The van der Waals surface area contributed by atoms with E-state index in [0.29, 0.717) is 5.15 Å². The Bertz CT molecular complexity index is 233. The highest BCUT2D eigenvalue weighted by Gasteiger charge is 1.96. The van der Waals surface area contributed by atoms with Crippen LogP contribution in [-0.2, 0) is 6.42 Å². The molecule has 0 atom stereocenters. The summed E-state index contributed by atoms with van der Waals surface area (Å²) in [5.41, 5.74) is 2.31. The topological polar surface area (TPSA) is 12.9 Å². The van der Waals surface area contributed by atoms with Crippen LogP contribution in [0.3, 0.4) is 0 Å². The summed E-state index contributed by atoms with van der Waals surface area (Å²) in [4.78, 5) is 4.16. The third kappa shape index (κ3) is 1.48. The van der Waals surface area contributed by atoms with Crippen molar-refractivity contribution in [2.75, 3.05) is 0 Å². The molecule has 0 N–H and O–H groups in total. The molecule has 0 fully saturated rings. The molecular formula is C8H10ClN. The van der Waals surface area contributed by atoms with Crippen molar-refractivity contribution in [3.05, 3.63) is 28.5 Å². The molecule has 1 aromatic rings. The lowest BCUT2D eigenvalue weighted by Gasteiger charge is -1.99. The van der Waals surface area contributed by atoms with Crippen LogP contribution in [0.25, 0.3) is 0 Å². The monoisotopic (exact) mass is 155 g/mol. The first-order valence-corrected chi connectivity index (χ1v) is 3.74. The van der Waals surface area contributed by atoms with Crippen molar-refractivity contribution in [3.63, 3.8) is 0 Å². The Labute approximate surface area is 66.0 Å².